The van der Waals surface area contributed by atoms with Gasteiger partial charge in [-0.1, -0.05) is 29.3 Å². The summed E-state index contributed by atoms with van der Waals surface area (Å²) in [6, 6.07) is 10.8. The third kappa shape index (κ3) is 4.32. The zero-order chi connectivity index (χ0) is 20.4. The van der Waals surface area contributed by atoms with Gasteiger partial charge in [-0.25, -0.2) is 0 Å². The largest absolute Gasteiger partial charge is 0.486 e. The highest BCUT2D eigenvalue weighted by Crippen LogP contribution is 2.38. The summed E-state index contributed by atoms with van der Waals surface area (Å²) in [5, 5.41) is 3.29. The summed E-state index contributed by atoms with van der Waals surface area (Å²) in [4.78, 5) is 27.4. The lowest BCUT2D eigenvalue weighted by atomic mass is 9.96. The number of hydrogen-bond acceptors (Lipinski definition) is 4. The Bertz CT molecular complexity index is 929. The third-order valence-corrected chi connectivity index (χ3v) is 5.58. The van der Waals surface area contributed by atoms with Crippen molar-refractivity contribution in [1.29, 1.82) is 0 Å². The van der Waals surface area contributed by atoms with E-state index in [2.05, 4.69) is 5.32 Å². The Morgan fingerprint density at radius 2 is 1.79 bits per heavy atom. The van der Waals surface area contributed by atoms with E-state index < -0.39 is 0 Å². The van der Waals surface area contributed by atoms with Gasteiger partial charge in [0.15, 0.2) is 11.5 Å². The van der Waals surface area contributed by atoms with Crippen LogP contribution in [-0.2, 0) is 4.79 Å². The monoisotopic (exact) mass is 414 g/mol. The van der Waals surface area contributed by atoms with E-state index in [4.69, 9.17) is 21.1 Å². The lowest BCUT2D eigenvalue weighted by Gasteiger charge is -2.32. The minimum absolute atomic E-state index is 0.0418. The van der Waals surface area contributed by atoms with Crippen molar-refractivity contribution in [1.82, 2.24) is 4.90 Å². The van der Waals surface area contributed by atoms with Crippen LogP contribution in [0.15, 0.2) is 36.4 Å². The van der Waals surface area contributed by atoms with Gasteiger partial charge in [0.1, 0.15) is 13.2 Å². The molecular weight excluding hydrogens is 392 g/mol. The summed E-state index contributed by atoms with van der Waals surface area (Å²) < 4.78 is 11.1. The standard InChI is InChI=1S/C22H23ClN2O4/c1-14-4-6-15(7-5-14)22(27)25-8-2-3-16(13-25)21(26)24-18-12-20-19(11-17(18)23)28-9-10-29-20/h4-7,11-12,16H,2-3,8-10,13H2,1H3,(H,24,26). The molecule has 2 heterocycles. The molecule has 0 aliphatic carbocycles. The van der Waals surface area contributed by atoms with Gasteiger partial charge in [0.2, 0.25) is 5.91 Å². The van der Waals surface area contributed by atoms with Gasteiger partial charge < -0.3 is 19.7 Å². The third-order valence-electron chi connectivity index (χ3n) is 5.27. The van der Waals surface area contributed by atoms with Crippen LogP contribution in [0.25, 0.3) is 0 Å². The highest BCUT2D eigenvalue weighted by molar-refractivity contribution is 6.34. The topological polar surface area (TPSA) is 67.9 Å². The fraction of sp³-hybridized carbons (Fsp3) is 0.364. The van der Waals surface area contributed by atoms with E-state index in [1.807, 2.05) is 31.2 Å². The molecule has 2 aliphatic heterocycles. The number of likely N-dealkylation sites (tertiary alicyclic amines) is 1. The number of carbonyl (C=O) groups is 2. The van der Waals surface area contributed by atoms with E-state index in [0.717, 1.165) is 18.4 Å². The molecule has 2 amide bonds. The van der Waals surface area contributed by atoms with Crippen LogP contribution in [0.1, 0.15) is 28.8 Å². The molecule has 1 N–H and O–H groups in total. The second kappa shape index (κ2) is 8.33. The SMILES string of the molecule is Cc1ccc(C(=O)N2CCCC(C(=O)Nc3cc4c(cc3Cl)OCCO4)C2)cc1. The predicted molar refractivity (Wildman–Crippen MR) is 111 cm³/mol. The summed E-state index contributed by atoms with van der Waals surface area (Å²) in [5.41, 5.74) is 2.24. The van der Waals surface area contributed by atoms with Crippen LogP contribution in [0.4, 0.5) is 5.69 Å². The fourth-order valence-corrected chi connectivity index (χ4v) is 3.85. The number of nitrogens with one attached hydrogen (secondary N) is 1. The highest BCUT2D eigenvalue weighted by Gasteiger charge is 2.29. The van der Waals surface area contributed by atoms with Gasteiger partial charge in [0, 0.05) is 30.8 Å². The van der Waals surface area contributed by atoms with Crippen LogP contribution in [0.5, 0.6) is 11.5 Å². The number of hydrogen-bond donors (Lipinski definition) is 1. The average Bonchev–Trinajstić information content (AvgIpc) is 2.74. The number of rotatable bonds is 3. The Hall–Kier alpha value is -2.73. The molecule has 6 nitrogen and oxygen atoms in total. The molecule has 2 aromatic carbocycles. The van der Waals surface area contributed by atoms with E-state index in [1.165, 1.54) is 0 Å². The highest BCUT2D eigenvalue weighted by atomic mass is 35.5. The zero-order valence-electron chi connectivity index (χ0n) is 16.2. The lowest BCUT2D eigenvalue weighted by Crippen LogP contribution is -2.43. The van der Waals surface area contributed by atoms with E-state index >= 15 is 0 Å². The van der Waals surface area contributed by atoms with Crippen LogP contribution < -0.4 is 14.8 Å². The van der Waals surface area contributed by atoms with Gasteiger partial charge in [-0.3, -0.25) is 9.59 Å². The number of piperidine rings is 1. The Morgan fingerprint density at radius 1 is 1.10 bits per heavy atom. The molecule has 152 valence electrons. The van der Waals surface area contributed by atoms with Crippen LogP contribution in [0, 0.1) is 12.8 Å². The number of ether oxygens (including phenoxy) is 2. The van der Waals surface area contributed by atoms with Crippen molar-refractivity contribution in [2.45, 2.75) is 19.8 Å². The minimum Gasteiger partial charge on any atom is -0.486 e. The van der Waals surface area contributed by atoms with Gasteiger partial charge in [-0.15, -0.1) is 0 Å². The van der Waals surface area contributed by atoms with E-state index in [1.54, 1.807) is 17.0 Å². The van der Waals surface area contributed by atoms with Crippen molar-refractivity contribution in [3.05, 3.63) is 52.5 Å². The first-order chi connectivity index (χ1) is 14.0. The number of fused-ring (bicyclic) bond motifs is 1. The minimum atomic E-state index is -0.289. The van der Waals surface area contributed by atoms with Crippen molar-refractivity contribution in [3.63, 3.8) is 0 Å². The molecule has 0 bridgehead atoms. The number of amides is 2. The van der Waals surface area contributed by atoms with Crippen molar-refractivity contribution in [3.8, 4) is 11.5 Å². The first kappa shape index (κ1) is 19.6. The molecule has 4 rings (SSSR count). The fourth-order valence-electron chi connectivity index (χ4n) is 3.65. The molecule has 0 spiro atoms. The Kier molecular flexibility index (Phi) is 5.62. The summed E-state index contributed by atoms with van der Waals surface area (Å²) >= 11 is 6.30. The molecule has 1 atom stereocenters. The normalized spacial score (nSPS) is 18.3. The van der Waals surface area contributed by atoms with Crippen LogP contribution in [-0.4, -0.2) is 43.0 Å². The molecule has 0 aromatic heterocycles. The van der Waals surface area contributed by atoms with Crippen LogP contribution >= 0.6 is 11.6 Å². The van der Waals surface area contributed by atoms with Crippen molar-refractivity contribution < 1.29 is 19.1 Å². The maximum atomic E-state index is 12.9. The smallest absolute Gasteiger partial charge is 0.253 e. The van der Waals surface area contributed by atoms with Crippen molar-refractivity contribution in [2.24, 2.45) is 5.92 Å². The number of benzene rings is 2. The van der Waals surface area contributed by atoms with Gasteiger partial charge in [-0.05, 0) is 31.9 Å². The second-order valence-electron chi connectivity index (χ2n) is 7.42. The van der Waals surface area contributed by atoms with Crippen LogP contribution in [0.3, 0.4) is 0 Å². The molecule has 2 aliphatic rings. The molecule has 1 unspecified atom stereocenters. The summed E-state index contributed by atoms with van der Waals surface area (Å²) in [7, 11) is 0. The first-order valence-corrected chi connectivity index (χ1v) is 10.1. The number of nitrogens with zero attached hydrogens (tertiary/aromatic N) is 1. The predicted octanol–water partition coefficient (Wildman–Crippen LogP) is 3.91. The van der Waals surface area contributed by atoms with Gasteiger partial charge >= 0.3 is 0 Å². The maximum Gasteiger partial charge on any atom is 0.253 e. The maximum absolute atomic E-state index is 12.9. The molecule has 1 saturated heterocycles. The second-order valence-corrected chi connectivity index (χ2v) is 7.83. The van der Waals surface area contributed by atoms with Gasteiger partial charge in [-0.2, -0.15) is 0 Å². The van der Waals surface area contributed by atoms with Gasteiger partial charge in [0.05, 0.1) is 16.6 Å². The lowest BCUT2D eigenvalue weighted by molar-refractivity contribution is -0.121. The van der Waals surface area contributed by atoms with Gasteiger partial charge in [0.25, 0.3) is 5.91 Å². The quantitative estimate of drug-likeness (QED) is 0.826. The van der Waals surface area contributed by atoms with Crippen molar-refractivity contribution in [2.75, 3.05) is 31.6 Å². The van der Waals surface area contributed by atoms with E-state index in [0.29, 0.717) is 54.1 Å². The number of halogens is 1. The number of anilines is 1. The molecule has 1 fully saturated rings. The van der Waals surface area contributed by atoms with E-state index in [9.17, 15) is 9.59 Å². The molecule has 7 heteroatoms. The molecular formula is C22H23ClN2O4. The average molecular weight is 415 g/mol. The number of aryl methyl sites for hydroxylation is 1. The van der Waals surface area contributed by atoms with Crippen molar-refractivity contribution >= 4 is 29.1 Å². The zero-order valence-corrected chi connectivity index (χ0v) is 17.0. The summed E-state index contributed by atoms with van der Waals surface area (Å²) in [5.74, 6) is 0.662. The summed E-state index contributed by atoms with van der Waals surface area (Å²) in [6.07, 6.45) is 1.51. The van der Waals surface area contributed by atoms with Crippen LogP contribution in [0.2, 0.25) is 5.02 Å². The number of carbonyl (C=O) groups excluding carboxylic acids is 2. The Labute approximate surface area is 174 Å². The molecule has 2 aromatic rings. The summed E-state index contributed by atoms with van der Waals surface area (Å²) in [6.45, 7) is 3.96. The van der Waals surface area contributed by atoms with E-state index in [-0.39, 0.29) is 17.7 Å². The molecule has 29 heavy (non-hydrogen) atoms. The molecule has 0 radical (unpaired) electrons. The Balaban J connectivity index is 1.44. The first-order valence-electron chi connectivity index (χ1n) is 9.77. The molecule has 0 saturated carbocycles. The Morgan fingerprint density at radius 3 is 2.52 bits per heavy atom.